The van der Waals surface area contributed by atoms with Crippen LogP contribution in [0.15, 0.2) is 84.9 Å². The van der Waals surface area contributed by atoms with Crippen molar-refractivity contribution < 1.29 is 9.59 Å². The number of amides is 2. The van der Waals surface area contributed by atoms with Crippen LogP contribution in [0.4, 0.5) is 5.69 Å². The van der Waals surface area contributed by atoms with E-state index in [1.54, 1.807) is 66.6 Å². The Morgan fingerprint density at radius 3 is 2.34 bits per heavy atom. The molecule has 0 saturated heterocycles. The van der Waals surface area contributed by atoms with Gasteiger partial charge in [0, 0.05) is 24.7 Å². The standard InChI is InChI=1S/C25H22ClN3O2S/c1-29(17-19-7-3-2-4-8-19)24(31)21-9-5-6-10-22(21)27-25(32)28-23(30)16-13-18-11-14-20(26)15-12-18/h2-16H,17H2,1H3,(H2,27,28,30,32)/b16-13+. The summed E-state index contributed by atoms with van der Waals surface area (Å²) in [5.41, 5.74) is 2.84. The maximum Gasteiger partial charge on any atom is 0.256 e. The molecule has 0 heterocycles. The van der Waals surface area contributed by atoms with Crippen molar-refractivity contribution in [2.24, 2.45) is 0 Å². The number of carbonyl (C=O) groups excluding carboxylic acids is 2. The molecule has 0 radical (unpaired) electrons. The minimum atomic E-state index is -0.387. The Labute approximate surface area is 197 Å². The lowest BCUT2D eigenvalue weighted by Crippen LogP contribution is -2.34. The van der Waals surface area contributed by atoms with E-state index in [0.29, 0.717) is 22.8 Å². The molecule has 3 aromatic rings. The lowest BCUT2D eigenvalue weighted by molar-refractivity contribution is -0.115. The molecule has 2 amide bonds. The molecule has 3 rings (SSSR count). The van der Waals surface area contributed by atoms with Gasteiger partial charge in [-0.05, 0) is 53.7 Å². The molecular weight excluding hydrogens is 442 g/mol. The van der Waals surface area contributed by atoms with Crippen molar-refractivity contribution in [2.45, 2.75) is 6.54 Å². The number of hydrogen-bond donors (Lipinski definition) is 2. The number of carbonyl (C=O) groups is 2. The highest BCUT2D eigenvalue weighted by Gasteiger charge is 2.16. The van der Waals surface area contributed by atoms with Crippen LogP contribution in [-0.2, 0) is 11.3 Å². The number of benzene rings is 3. The summed E-state index contributed by atoms with van der Waals surface area (Å²) in [6.45, 7) is 0.477. The van der Waals surface area contributed by atoms with Gasteiger partial charge in [-0.3, -0.25) is 14.9 Å². The molecule has 32 heavy (non-hydrogen) atoms. The third-order valence-corrected chi connectivity index (χ3v) is 5.00. The molecule has 162 valence electrons. The molecule has 0 aromatic heterocycles. The number of hydrogen-bond acceptors (Lipinski definition) is 3. The summed E-state index contributed by atoms with van der Waals surface area (Å²) in [5, 5.41) is 6.26. The first-order valence-electron chi connectivity index (χ1n) is 9.86. The van der Waals surface area contributed by atoms with E-state index >= 15 is 0 Å². The van der Waals surface area contributed by atoms with Gasteiger partial charge < -0.3 is 10.2 Å². The largest absolute Gasteiger partial charge is 0.337 e. The molecular formula is C25H22ClN3O2S. The van der Waals surface area contributed by atoms with Crippen molar-refractivity contribution in [3.05, 3.63) is 107 Å². The number of anilines is 1. The Balaban J connectivity index is 1.62. The predicted molar refractivity (Wildman–Crippen MR) is 134 cm³/mol. The molecule has 0 atom stereocenters. The topological polar surface area (TPSA) is 61.4 Å². The van der Waals surface area contributed by atoms with E-state index < -0.39 is 0 Å². The molecule has 0 aliphatic carbocycles. The second-order valence-electron chi connectivity index (χ2n) is 7.02. The Morgan fingerprint density at radius 2 is 1.62 bits per heavy atom. The number of halogens is 1. The minimum Gasteiger partial charge on any atom is -0.337 e. The van der Waals surface area contributed by atoms with Gasteiger partial charge in [-0.2, -0.15) is 0 Å². The van der Waals surface area contributed by atoms with Crippen molar-refractivity contribution in [1.82, 2.24) is 10.2 Å². The predicted octanol–water partition coefficient (Wildman–Crippen LogP) is 5.14. The van der Waals surface area contributed by atoms with Crippen molar-refractivity contribution in [3.63, 3.8) is 0 Å². The zero-order valence-electron chi connectivity index (χ0n) is 17.4. The highest BCUT2D eigenvalue weighted by molar-refractivity contribution is 7.80. The summed E-state index contributed by atoms with van der Waals surface area (Å²) in [7, 11) is 1.74. The number of thiocarbonyl (C=S) groups is 1. The summed E-state index contributed by atoms with van der Waals surface area (Å²) in [5.74, 6) is -0.545. The molecule has 7 heteroatoms. The molecule has 0 bridgehead atoms. The normalized spacial score (nSPS) is 10.6. The number of para-hydroxylation sites is 1. The molecule has 0 fully saturated rings. The molecule has 5 nitrogen and oxygen atoms in total. The van der Waals surface area contributed by atoms with Crippen LogP contribution in [0, 0.1) is 0 Å². The lowest BCUT2D eigenvalue weighted by atomic mass is 10.1. The zero-order valence-corrected chi connectivity index (χ0v) is 19.0. The number of nitrogens with one attached hydrogen (secondary N) is 2. The smallest absolute Gasteiger partial charge is 0.256 e. The number of rotatable bonds is 6. The fourth-order valence-corrected chi connectivity index (χ4v) is 3.30. The van der Waals surface area contributed by atoms with Crippen molar-refractivity contribution >= 4 is 52.5 Å². The van der Waals surface area contributed by atoms with E-state index in [0.717, 1.165) is 11.1 Å². The van der Waals surface area contributed by atoms with Gasteiger partial charge in [0.05, 0.1) is 11.3 Å². The SMILES string of the molecule is CN(Cc1ccccc1)C(=O)c1ccccc1NC(=S)NC(=O)/C=C/c1ccc(Cl)cc1. The number of nitrogens with zero attached hydrogens (tertiary/aromatic N) is 1. The zero-order chi connectivity index (χ0) is 22.9. The fraction of sp³-hybridized carbons (Fsp3) is 0.0800. The van der Waals surface area contributed by atoms with Crippen LogP contribution in [0.5, 0.6) is 0 Å². The van der Waals surface area contributed by atoms with E-state index in [1.807, 2.05) is 30.3 Å². The van der Waals surface area contributed by atoms with Gasteiger partial charge in [0.25, 0.3) is 5.91 Å². The van der Waals surface area contributed by atoms with E-state index in [2.05, 4.69) is 10.6 Å². The van der Waals surface area contributed by atoms with Gasteiger partial charge in [-0.1, -0.05) is 66.2 Å². The first-order chi connectivity index (χ1) is 15.4. The Morgan fingerprint density at radius 1 is 0.969 bits per heavy atom. The highest BCUT2D eigenvalue weighted by Crippen LogP contribution is 2.18. The van der Waals surface area contributed by atoms with E-state index in [4.69, 9.17) is 23.8 Å². The lowest BCUT2D eigenvalue weighted by Gasteiger charge is -2.20. The summed E-state index contributed by atoms with van der Waals surface area (Å²) in [6, 6.07) is 23.9. The Hall–Kier alpha value is -3.48. The van der Waals surface area contributed by atoms with Crippen LogP contribution in [0.25, 0.3) is 6.08 Å². The van der Waals surface area contributed by atoms with Crippen LogP contribution < -0.4 is 10.6 Å². The van der Waals surface area contributed by atoms with Gasteiger partial charge in [0.2, 0.25) is 5.91 Å². The quantitative estimate of drug-likeness (QED) is 0.392. The van der Waals surface area contributed by atoms with E-state index in [1.165, 1.54) is 6.08 Å². The van der Waals surface area contributed by atoms with Crippen LogP contribution in [0.1, 0.15) is 21.5 Å². The van der Waals surface area contributed by atoms with Crippen LogP contribution in [0.2, 0.25) is 5.02 Å². The third kappa shape index (κ3) is 6.77. The van der Waals surface area contributed by atoms with Gasteiger partial charge >= 0.3 is 0 Å². The molecule has 0 saturated carbocycles. The van der Waals surface area contributed by atoms with Crippen molar-refractivity contribution in [1.29, 1.82) is 0 Å². The highest BCUT2D eigenvalue weighted by atomic mass is 35.5. The van der Waals surface area contributed by atoms with E-state index in [-0.39, 0.29) is 16.9 Å². The maximum absolute atomic E-state index is 13.0. The average Bonchev–Trinajstić information content (AvgIpc) is 2.79. The second kappa shape index (κ2) is 11.2. The van der Waals surface area contributed by atoms with Gasteiger partial charge in [0.15, 0.2) is 5.11 Å². The first-order valence-corrected chi connectivity index (χ1v) is 10.6. The molecule has 2 N–H and O–H groups in total. The summed E-state index contributed by atoms with van der Waals surface area (Å²) >= 11 is 11.1. The van der Waals surface area contributed by atoms with Gasteiger partial charge in [0.1, 0.15) is 0 Å². The molecule has 0 spiro atoms. The molecule has 0 aliphatic rings. The van der Waals surface area contributed by atoms with E-state index in [9.17, 15) is 9.59 Å². The monoisotopic (exact) mass is 463 g/mol. The fourth-order valence-electron chi connectivity index (χ4n) is 2.97. The summed E-state index contributed by atoms with van der Waals surface area (Å²) < 4.78 is 0. The van der Waals surface area contributed by atoms with Crippen molar-refractivity contribution in [2.75, 3.05) is 12.4 Å². The second-order valence-corrected chi connectivity index (χ2v) is 7.87. The molecule has 0 unspecified atom stereocenters. The molecule has 3 aromatic carbocycles. The van der Waals surface area contributed by atoms with Crippen LogP contribution >= 0.6 is 23.8 Å². The summed E-state index contributed by atoms with van der Waals surface area (Å²) in [4.78, 5) is 26.8. The van der Waals surface area contributed by atoms with Gasteiger partial charge in [-0.15, -0.1) is 0 Å². The average molecular weight is 464 g/mol. The van der Waals surface area contributed by atoms with Crippen LogP contribution in [0.3, 0.4) is 0 Å². The Bertz CT molecular complexity index is 1130. The van der Waals surface area contributed by atoms with Crippen molar-refractivity contribution in [3.8, 4) is 0 Å². The first kappa shape index (κ1) is 23.2. The Kier molecular flexibility index (Phi) is 8.14. The van der Waals surface area contributed by atoms with Crippen LogP contribution in [-0.4, -0.2) is 28.9 Å². The third-order valence-electron chi connectivity index (χ3n) is 4.55. The molecule has 0 aliphatic heterocycles. The van der Waals surface area contributed by atoms with Gasteiger partial charge in [-0.25, -0.2) is 0 Å². The summed E-state index contributed by atoms with van der Waals surface area (Å²) in [6.07, 6.45) is 3.03. The minimum absolute atomic E-state index is 0.0988. The maximum atomic E-state index is 13.0.